The van der Waals surface area contributed by atoms with E-state index in [0.717, 1.165) is 36.1 Å². The summed E-state index contributed by atoms with van der Waals surface area (Å²) in [5.41, 5.74) is 1.13. The summed E-state index contributed by atoms with van der Waals surface area (Å²) in [4.78, 5) is 23.6. The minimum atomic E-state index is -0.239. The maximum absolute atomic E-state index is 11.8. The lowest BCUT2D eigenvalue weighted by molar-refractivity contribution is -0.117. The van der Waals surface area contributed by atoms with E-state index in [-0.39, 0.29) is 18.0 Å². The molecule has 0 aliphatic carbocycles. The second-order valence-electron chi connectivity index (χ2n) is 8.85. The van der Waals surface area contributed by atoms with E-state index in [9.17, 15) is 4.79 Å². The smallest absolute Gasteiger partial charge is 0.243 e. The number of halogens is 2. The molecule has 2 aromatic heterocycles. The van der Waals surface area contributed by atoms with Gasteiger partial charge in [0.15, 0.2) is 0 Å². The van der Waals surface area contributed by atoms with Gasteiger partial charge in [0.2, 0.25) is 5.91 Å². The highest BCUT2D eigenvalue weighted by Gasteiger charge is 2.30. The number of anilines is 2. The summed E-state index contributed by atoms with van der Waals surface area (Å²) < 4.78 is 16.5. The molecule has 2 atom stereocenters. The van der Waals surface area contributed by atoms with Gasteiger partial charge in [0.05, 0.1) is 55.3 Å². The highest BCUT2D eigenvalue weighted by Crippen LogP contribution is 2.46. The SMILES string of the molecule is C=CC(=O)N[C@H]1COC[C@H]1Nc1cc2c(N3CCC3)nc(-c3c(Cl)c(OC)cc(OC)c3Cl)cc2cn1. The summed E-state index contributed by atoms with van der Waals surface area (Å²) in [6, 6.07) is 5.22. The molecule has 2 aliphatic heterocycles. The van der Waals surface area contributed by atoms with Crippen molar-refractivity contribution in [3.63, 3.8) is 0 Å². The third-order valence-electron chi connectivity index (χ3n) is 6.61. The summed E-state index contributed by atoms with van der Waals surface area (Å²) >= 11 is 13.4. The monoisotopic (exact) mass is 543 g/mol. The number of aromatic nitrogens is 2. The summed E-state index contributed by atoms with van der Waals surface area (Å²) in [6.45, 7) is 6.17. The number of benzene rings is 1. The molecule has 0 saturated carbocycles. The number of nitrogens with one attached hydrogen (secondary N) is 2. The Hall–Kier alpha value is -3.27. The number of amides is 1. The molecule has 2 aliphatic rings. The Labute approximate surface area is 224 Å². The van der Waals surface area contributed by atoms with Crippen LogP contribution in [-0.4, -0.2) is 68.5 Å². The van der Waals surface area contributed by atoms with Gasteiger partial charge in [0.1, 0.15) is 23.1 Å². The lowest BCUT2D eigenvalue weighted by Crippen LogP contribution is -2.45. The van der Waals surface area contributed by atoms with Crippen molar-refractivity contribution in [2.75, 3.05) is 50.7 Å². The maximum atomic E-state index is 11.8. The van der Waals surface area contributed by atoms with Crippen molar-refractivity contribution in [2.24, 2.45) is 0 Å². The average molecular weight is 544 g/mol. The highest BCUT2D eigenvalue weighted by atomic mass is 35.5. The molecule has 11 heteroatoms. The number of carbonyl (C=O) groups is 1. The van der Waals surface area contributed by atoms with Gasteiger partial charge >= 0.3 is 0 Å². The van der Waals surface area contributed by atoms with Crippen molar-refractivity contribution < 1.29 is 19.0 Å². The van der Waals surface area contributed by atoms with Crippen molar-refractivity contribution in [1.82, 2.24) is 15.3 Å². The number of fused-ring (bicyclic) bond motifs is 1. The van der Waals surface area contributed by atoms with Crippen LogP contribution in [-0.2, 0) is 9.53 Å². The second-order valence-corrected chi connectivity index (χ2v) is 9.61. The number of methoxy groups -OCH3 is 2. The van der Waals surface area contributed by atoms with Crippen LogP contribution in [0.3, 0.4) is 0 Å². The van der Waals surface area contributed by atoms with Gasteiger partial charge in [-0.3, -0.25) is 4.79 Å². The predicted octanol–water partition coefficient (Wildman–Crippen LogP) is 4.31. The van der Waals surface area contributed by atoms with Crippen LogP contribution in [0.1, 0.15) is 6.42 Å². The van der Waals surface area contributed by atoms with Gasteiger partial charge in [-0.2, -0.15) is 0 Å². The van der Waals surface area contributed by atoms with E-state index in [1.807, 2.05) is 12.1 Å². The first-order valence-electron chi connectivity index (χ1n) is 11.9. The summed E-state index contributed by atoms with van der Waals surface area (Å²) in [5, 5.41) is 8.83. The van der Waals surface area contributed by atoms with E-state index < -0.39 is 0 Å². The number of nitrogens with zero attached hydrogens (tertiary/aromatic N) is 3. The molecule has 0 bridgehead atoms. The number of ether oxygens (including phenoxy) is 3. The van der Waals surface area contributed by atoms with Crippen molar-refractivity contribution >= 4 is 51.5 Å². The molecule has 4 heterocycles. The van der Waals surface area contributed by atoms with E-state index in [2.05, 4.69) is 27.1 Å². The third kappa shape index (κ3) is 4.86. The number of rotatable bonds is 8. The van der Waals surface area contributed by atoms with E-state index in [1.165, 1.54) is 6.08 Å². The van der Waals surface area contributed by atoms with Crippen LogP contribution in [0.2, 0.25) is 10.0 Å². The minimum absolute atomic E-state index is 0.129. The van der Waals surface area contributed by atoms with Crippen LogP contribution in [0, 0.1) is 0 Å². The van der Waals surface area contributed by atoms with Crippen LogP contribution in [0.25, 0.3) is 22.0 Å². The third-order valence-corrected chi connectivity index (χ3v) is 7.36. The van der Waals surface area contributed by atoms with Gasteiger partial charge in [0, 0.05) is 41.7 Å². The fourth-order valence-electron chi connectivity index (χ4n) is 4.49. The zero-order valence-corrected chi connectivity index (χ0v) is 22.0. The van der Waals surface area contributed by atoms with Crippen LogP contribution in [0.5, 0.6) is 11.5 Å². The molecule has 194 valence electrons. The molecule has 37 heavy (non-hydrogen) atoms. The lowest BCUT2D eigenvalue weighted by atomic mass is 10.0. The van der Waals surface area contributed by atoms with E-state index >= 15 is 0 Å². The highest BCUT2D eigenvalue weighted by molar-refractivity contribution is 6.41. The Bertz CT molecular complexity index is 1340. The first-order chi connectivity index (χ1) is 17.9. The summed E-state index contributed by atoms with van der Waals surface area (Å²) in [6.07, 6.45) is 4.13. The Morgan fingerprint density at radius 2 is 1.84 bits per heavy atom. The van der Waals surface area contributed by atoms with Crippen LogP contribution >= 0.6 is 23.2 Å². The number of carbonyl (C=O) groups excluding carboxylic acids is 1. The first-order valence-corrected chi connectivity index (χ1v) is 12.6. The maximum Gasteiger partial charge on any atom is 0.243 e. The van der Waals surface area contributed by atoms with Crippen molar-refractivity contribution in [3.05, 3.63) is 47.1 Å². The molecule has 2 saturated heterocycles. The molecule has 1 aromatic carbocycles. The number of pyridine rings is 2. The van der Waals surface area contributed by atoms with Gasteiger partial charge in [-0.1, -0.05) is 29.8 Å². The summed E-state index contributed by atoms with van der Waals surface area (Å²) in [7, 11) is 3.08. The molecule has 0 unspecified atom stereocenters. The summed E-state index contributed by atoms with van der Waals surface area (Å²) in [5.74, 6) is 2.13. The number of hydrogen-bond acceptors (Lipinski definition) is 8. The molecule has 2 fully saturated rings. The van der Waals surface area contributed by atoms with Crippen molar-refractivity contribution in [2.45, 2.75) is 18.5 Å². The van der Waals surface area contributed by atoms with E-state index in [0.29, 0.717) is 51.8 Å². The average Bonchev–Trinajstić information content (AvgIpc) is 3.29. The zero-order chi connectivity index (χ0) is 26.1. The van der Waals surface area contributed by atoms with Gasteiger partial charge in [-0.25, -0.2) is 9.97 Å². The quantitative estimate of drug-likeness (QED) is 0.405. The molecular weight excluding hydrogens is 517 g/mol. The molecule has 0 spiro atoms. The Morgan fingerprint density at radius 3 is 2.46 bits per heavy atom. The fraction of sp³-hybridized carbons (Fsp3) is 0.346. The van der Waals surface area contributed by atoms with E-state index in [1.54, 1.807) is 26.5 Å². The first kappa shape index (κ1) is 25.4. The molecule has 5 rings (SSSR count). The van der Waals surface area contributed by atoms with Gasteiger partial charge in [-0.15, -0.1) is 0 Å². The van der Waals surface area contributed by atoms with Crippen molar-refractivity contribution in [3.8, 4) is 22.8 Å². The van der Waals surface area contributed by atoms with Gasteiger partial charge in [0.25, 0.3) is 0 Å². The predicted molar refractivity (Wildman–Crippen MR) is 145 cm³/mol. The molecule has 9 nitrogen and oxygen atoms in total. The Balaban J connectivity index is 1.56. The largest absolute Gasteiger partial charge is 0.495 e. The lowest BCUT2D eigenvalue weighted by Gasteiger charge is -2.33. The molecular formula is C26H27Cl2N5O4. The Kier molecular flexibility index (Phi) is 7.28. The topological polar surface area (TPSA) is 97.8 Å². The van der Waals surface area contributed by atoms with E-state index in [4.69, 9.17) is 42.4 Å². The number of hydrogen-bond donors (Lipinski definition) is 2. The van der Waals surface area contributed by atoms with Crippen LogP contribution in [0.4, 0.5) is 11.6 Å². The zero-order valence-electron chi connectivity index (χ0n) is 20.5. The molecule has 3 aromatic rings. The minimum Gasteiger partial charge on any atom is -0.495 e. The van der Waals surface area contributed by atoms with Crippen LogP contribution in [0.15, 0.2) is 37.1 Å². The fourth-order valence-corrected chi connectivity index (χ4v) is 5.18. The standard InChI is InChI=1S/C26H27Cl2N5O4/c1-4-22(34)31-18-13-37-12-17(18)30-21-9-15-14(11-29-21)8-16(32-26(15)33-6-5-7-33)23-24(27)19(35-2)10-20(36-3)25(23)28/h4,8-11,17-18H,1,5-7,12-13H2,2-3H3,(H,29,30)(H,31,34)/t17-,18+/m1/s1. The Morgan fingerprint density at radius 1 is 1.14 bits per heavy atom. The molecule has 0 radical (unpaired) electrons. The molecule has 2 N–H and O–H groups in total. The van der Waals surface area contributed by atoms with Gasteiger partial charge < -0.3 is 29.7 Å². The van der Waals surface area contributed by atoms with Gasteiger partial charge in [-0.05, 0) is 24.6 Å². The molecule has 1 amide bonds. The second kappa shape index (κ2) is 10.6. The van der Waals surface area contributed by atoms with Crippen molar-refractivity contribution in [1.29, 1.82) is 0 Å². The van der Waals surface area contributed by atoms with Crippen LogP contribution < -0.4 is 25.0 Å². The normalized spacial score (nSPS) is 18.9.